The summed E-state index contributed by atoms with van der Waals surface area (Å²) in [6.07, 6.45) is 6.25. The number of nitro benzene ring substituents is 1. The normalized spacial score (nSPS) is 11.3. The van der Waals surface area contributed by atoms with Crippen LogP contribution >= 0.6 is 0 Å². The number of aromatic nitrogens is 4. The minimum atomic E-state index is -0.350. The summed E-state index contributed by atoms with van der Waals surface area (Å²) in [5.41, 5.74) is 5.71. The fourth-order valence-corrected chi connectivity index (χ4v) is 3.93. The molecule has 182 valence electrons. The number of nitrogens with one attached hydrogen (secondary N) is 1. The van der Waals surface area contributed by atoms with Gasteiger partial charge in [-0.15, -0.1) is 0 Å². The van der Waals surface area contributed by atoms with Crippen molar-refractivity contribution in [1.29, 1.82) is 0 Å². The zero-order valence-electron chi connectivity index (χ0n) is 20.7. The van der Waals surface area contributed by atoms with Crippen LogP contribution < -0.4 is 10.2 Å². The van der Waals surface area contributed by atoms with E-state index in [0.717, 1.165) is 40.9 Å². The smallest absolute Gasteiger partial charge is 0.294 e. The van der Waals surface area contributed by atoms with Crippen LogP contribution in [0.5, 0.6) is 0 Å². The van der Waals surface area contributed by atoms with Crippen molar-refractivity contribution in [2.75, 3.05) is 44.4 Å². The summed E-state index contributed by atoms with van der Waals surface area (Å²) in [6.45, 7) is 5.43. The quantitative estimate of drug-likeness (QED) is 0.283. The fourth-order valence-electron chi connectivity index (χ4n) is 3.93. The van der Waals surface area contributed by atoms with Crippen LogP contribution in [0.25, 0.3) is 16.8 Å². The molecular formula is C25H30N8O2. The molecule has 4 aromatic rings. The van der Waals surface area contributed by atoms with Crippen molar-refractivity contribution in [3.05, 3.63) is 70.2 Å². The van der Waals surface area contributed by atoms with Gasteiger partial charge in [-0.1, -0.05) is 13.0 Å². The van der Waals surface area contributed by atoms with E-state index in [1.807, 2.05) is 72.8 Å². The molecule has 0 aliphatic heterocycles. The molecule has 0 amide bonds. The predicted molar refractivity (Wildman–Crippen MR) is 139 cm³/mol. The van der Waals surface area contributed by atoms with Gasteiger partial charge in [-0.25, -0.2) is 14.5 Å². The Bertz CT molecular complexity index is 1370. The first-order chi connectivity index (χ1) is 16.8. The Morgan fingerprint density at radius 1 is 1.14 bits per heavy atom. The molecular weight excluding hydrogens is 444 g/mol. The maximum atomic E-state index is 11.9. The van der Waals surface area contributed by atoms with Crippen molar-refractivity contribution in [1.82, 2.24) is 24.5 Å². The van der Waals surface area contributed by atoms with Gasteiger partial charge in [0.25, 0.3) is 5.69 Å². The van der Waals surface area contributed by atoms with E-state index in [-0.39, 0.29) is 10.6 Å². The number of aryl methyl sites for hydroxylation is 2. The molecule has 0 saturated carbocycles. The van der Waals surface area contributed by atoms with Gasteiger partial charge in [0, 0.05) is 44.2 Å². The number of likely N-dealkylation sites (N-methyl/N-ethyl adjacent to an activating group) is 2. The van der Waals surface area contributed by atoms with E-state index in [4.69, 9.17) is 4.98 Å². The first-order valence-corrected chi connectivity index (χ1v) is 11.5. The highest BCUT2D eigenvalue weighted by Crippen LogP contribution is 2.35. The van der Waals surface area contributed by atoms with Crippen LogP contribution in [0.3, 0.4) is 0 Å². The Kier molecular flexibility index (Phi) is 6.92. The van der Waals surface area contributed by atoms with Gasteiger partial charge >= 0.3 is 0 Å². The zero-order valence-corrected chi connectivity index (χ0v) is 20.7. The number of anilines is 3. The molecule has 1 N–H and O–H groups in total. The number of hydrogen-bond acceptors (Lipinski definition) is 8. The highest BCUT2D eigenvalue weighted by Gasteiger charge is 2.21. The topological polar surface area (TPSA) is 105 Å². The molecule has 0 aliphatic carbocycles. The second kappa shape index (κ2) is 10.1. The standard InChI is InChI=1S/C25H30N8O2/c1-6-18-15-26-25(29-24(18)19-16-27-32-10-8-7-9-21(19)32)28-20-14-23(33(34)35)22(13-17(20)2)31(5)12-11-30(3)4/h7-10,13-16H,6,11-12H2,1-5H3,(H,26,28,29). The molecule has 10 nitrogen and oxygen atoms in total. The van der Waals surface area contributed by atoms with Crippen LogP contribution in [0.2, 0.25) is 0 Å². The number of rotatable bonds is 9. The summed E-state index contributed by atoms with van der Waals surface area (Å²) in [5, 5.41) is 19.5. The first kappa shape index (κ1) is 24.1. The summed E-state index contributed by atoms with van der Waals surface area (Å²) in [7, 11) is 5.82. The monoisotopic (exact) mass is 474 g/mol. The van der Waals surface area contributed by atoms with Crippen molar-refractivity contribution in [2.45, 2.75) is 20.3 Å². The third-order valence-corrected chi connectivity index (χ3v) is 5.99. The third-order valence-electron chi connectivity index (χ3n) is 5.99. The highest BCUT2D eigenvalue weighted by molar-refractivity contribution is 5.80. The number of nitrogens with zero attached hydrogens (tertiary/aromatic N) is 7. The molecule has 3 aromatic heterocycles. The Morgan fingerprint density at radius 3 is 2.66 bits per heavy atom. The van der Waals surface area contributed by atoms with Gasteiger partial charge < -0.3 is 15.1 Å². The SMILES string of the molecule is CCc1cnc(Nc2cc([N+](=O)[O-])c(N(C)CCN(C)C)cc2C)nc1-c1cnn2ccccc12. The van der Waals surface area contributed by atoms with Crippen LogP contribution in [0.1, 0.15) is 18.1 Å². The molecule has 0 unspecified atom stereocenters. The molecule has 0 atom stereocenters. The van der Waals surface area contributed by atoms with E-state index in [1.165, 1.54) is 0 Å². The number of nitro groups is 1. The number of pyridine rings is 1. The van der Waals surface area contributed by atoms with E-state index >= 15 is 0 Å². The van der Waals surface area contributed by atoms with Gasteiger partial charge in [-0.05, 0) is 56.8 Å². The van der Waals surface area contributed by atoms with Gasteiger partial charge in [0.2, 0.25) is 5.95 Å². The van der Waals surface area contributed by atoms with Crippen molar-refractivity contribution < 1.29 is 4.92 Å². The van der Waals surface area contributed by atoms with E-state index in [1.54, 1.807) is 18.5 Å². The maximum absolute atomic E-state index is 11.9. The van der Waals surface area contributed by atoms with Crippen molar-refractivity contribution in [3.63, 3.8) is 0 Å². The zero-order chi connectivity index (χ0) is 25.1. The van der Waals surface area contributed by atoms with Crippen molar-refractivity contribution in [2.24, 2.45) is 0 Å². The number of fused-ring (bicyclic) bond motifs is 1. The van der Waals surface area contributed by atoms with Crippen LogP contribution in [-0.4, -0.2) is 63.6 Å². The molecule has 4 rings (SSSR count). The van der Waals surface area contributed by atoms with Gasteiger partial charge in [-0.2, -0.15) is 5.10 Å². The van der Waals surface area contributed by atoms with E-state index in [9.17, 15) is 10.1 Å². The Balaban J connectivity index is 1.70. The molecule has 0 spiro atoms. The summed E-state index contributed by atoms with van der Waals surface area (Å²) < 4.78 is 1.81. The minimum Gasteiger partial charge on any atom is -0.368 e. The third kappa shape index (κ3) is 5.07. The summed E-state index contributed by atoms with van der Waals surface area (Å²) in [6, 6.07) is 9.28. The van der Waals surface area contributed by atoms with Crippen molar-refractivity contribution >= 4 is 28.5 Å². The average Bonchev–Trinajstić information content (AvgIpc) is 3.27. The Morgan fingerprint density at radius 2 is 1.94 bits per heavy atom. The lowest BCUT2D eigenvalue weighted by Crippen LogP contribution is -2.29. The van der Waals surface area contributed by atoms with E-state index in [2.05, 4.69) is 22.3 Å². The Hall–Kier alpha value is -4.05. The minimum absolute atomic E-state index is 0.0346. The second-order valence-electron chi connectivity index (χ2n) is 8.77. The number of benzene rings is 1. The van der Waals surface area contributed by atoms with Crippen LogP contribution in [0.4, 0.5) is 23.0 Å². The molecule has 0 aliphatic rings. The van der Waals surface area contributed by atoms with Crippen molar-refractivity contribution in [3.8, 4) is 11.3 Å². The molecule has 0 bridgehead atoms. The summed E-state index contributed by atoms with van der Waals surface area (Å²) in [5.74, 6) is 0.374. The number of hydrogen-bond donors (Lipinski definition) is 1. The van der Waals surface area contributed by atoms with Crippen LogP contribution in [-0.2, 0) is 6.42 Å². The molecule has 0 fully saturated rings. The van der Waals surface area contributed by atoms with E-state index in [0.29, 0.717) is 23.9 Å². The van der Waals surface area contributed by atoms with Crippen LogP contribution in [0, 0.1) is 17.0 Å². The highest BCUT2D eigenvalue weighted by atomic mass is 16.6. The van der Waals surface area contributed by atoms with Gasteiger partial charge in [0.05, 0.1) is 28.0 Å². The lowest BCUT2D eigenvalue weighted by Gasteiger charge is -2.22. The van der Waals surface area contributed by atoms with Gasteiger partial charge in [0.15, 0.2) is 0 Å². The molecule has 10 heteroatoms. The molecule has 1 aromatic carbocycles. The maximum Gasteiger partial charge on any atom is 0.294 e. The van der Waals surface area contributed by atoms with Crippen LogP contribution in [0.15, 0.2) is 48.9 Å². The summed E-state index contributed by atoms with van der Waals surface area (Å²) >= 11 is 0. The Labute approximate surface area is 204 Å². The summed E-state index contributed by atoms with van der Waals surface area (Å²) in [4.78, 5) is 24.8. The largest absolute Gasteiger partial charge is 0.368 e. The average molecular weight is 475 g/mol. The molecule has 0 saturated heterocycles. The van der Waals surface area contributed by atoms with E-state index < -0.39 is 0 Å². The first-order valence-electron chi connectivity index (χ1n) is 11.5. The van der Waals surface area contributed by atoms with Gasteiger partial charge in [-0.3, -0.25) is 10.1 Å². The van der Waals surface area contributed by atoms with Gasteiger partial charge in [0.1, 0.15) is 5.69 Å². The predicted octanol–water partition coefficient (Wildman–Crippen LogP) is 4.31. The molecule has 0 radical (unpaired) electrons. The molecule has 3 heterocycles. The lowest BCUT2D eigenvalue weighted by atomic mass is 10.1. The lowest BCUT2D eigenvalue weighted by molar-refractivity contribution is -0.384. The second-order valence-corrected chi connectivity index (χ2v) is 8.77. The fraction of sp³-hybridized carbons (Fsp3) is 0.320. The molecule has 35 heavy (non-hydrogen) atoms.